The maximum atomic E-state index is 11.3. The fraction of sp³-hybridized carbons (Fsp3) is 0.538. The number of aliphatic hydroxyl groups excluding tert-OH is 1. The molecular weight excluding hydrogens is 348 g/mol. The standard InChI is InChI=1S/C13H19BrO3S2/c1-2-19(16,17)9-3-4-12(15)10-18-13-7-5-11(14)6-8-13/h5-8,12,15H,2-4,9-10H2,1H3. The molecule has 0 aliphatic rings. The average Bonchev–Trinajstić information content (AvgIpc) is 2.38. The molecule has 0 spiro atoms. The fourth-order valence-electron chi connectivity index (χ4n) is 1.49. The van der Waals surface area contributed by atoms with Crippen LogP contribution in [0.2, 0.25) is 0 Å². The summed E-state index contributed by atoms with van der Waals surface area (Å²) in [5, 5.41) is 9.81. The minimum absolute atomic E-state index is 0.170. The molecule has 0 bridgehead atoms. The minimum Gasteiger partial charge on any atom is -0.392 e. The van der Waals surface area contributed by atoms with Gasteiger partial charge in [0.1, 0.15) is 9.84 Å². The SMILES string of the molecule is CCS(=O)(=O)CCCC(O)CSc1ccc(Br)cc1. The Labute approximate surface area is 127 Å². The predicted octanol–water partition coefficient (Wildman–Crippen LogP) is 3.12. The highest BCUT2D eigenvalue weighted by molar-refractivity contribution is 9.10. The van der Waals surface area contributed by atoms with Crippen LogP contribution in [0.15, 0.2) is 33.6 Å². The van der Waals surface area contributed by atoms with E-state index < -0.39 is 15.9 Å². The first kappa shape index (κ1) is 17.0. The number of sulfone groups is 1. The smallest absolute Gasteiger partial charge is 0.150 e. The van der Waals surface area contributed by atoms with E-state index in [1.165, 1.54) is 0 Å². The van der Waals surface area contributed by atoms with Gasteiger partial charge in [0.25, 0.3) is 0 Å². The molecule has 0 heterocycles. The van der Waals surface area contributed by atoms with E-state index in [0.717, 1.165) is 9.37 Å². The van der Waals surface area contributed by atoms with Crippen LogP contribution in [0.3, 0.4) is 0 Å². The Hall–Kier alpha value is -0.0400. The fourth-order valence-corrected chi connectivity index (χ4v) is 3.53. The van der Waals surface area contributed by atoms with Crippen LogP contribution in [0, 0.1) is 0 Å². The van der Waals surface area contributed by atoms with E-state index in [4.69, 9.17) is 0 Å². The topological polar surface area (TPSA) is 54.4 Å². The Bertz CT molecular complexity index is 471. The summed E-state index contributed by atoms with van der Waals surface area (Å²) in [4.78, 5) is 1.10. The van der Waals surface area contributed by atoms with Gasteiger partial charge in [-0.2, -0.15) is 0 Å². The Morgan fingerprint density at radius 3 is 2.53 bits per heavy atom. The maximum Gasteiger partial charge on any atom is 0.150 e. The number of hydrogen-bond acceptors (Lipinski definition) is 4. The molecule has 0 aliphatic carbocycles. The van der Waals surface area contributed by atoms with Gasteiger partial charge in [0.2, 0.25) is 0 Å². The Balaban J connectivity index is 2.24. The van der Waals surface area contributed by atoms with Crippen molar-refractivity contribution in [2.24, 2.45) is 0 Å². The van der Waals surface area contributed by atoms with Crippen LogP contribution in [0.4, 0.5) is 0 Å². The minimum atomic E-state index is -2.91. The van der Waals surface area contributed by atoms with Crippen LogP contribution < -0.4 is 0 Å². The van der Waals surface area contributed by atoms with Gasteiger partial charge in [-0.05, 0) is 37.1 Å². The van der Waals surface area contributed by atoms with Crippen LogP contribution in [0.1, 0.15) is 19.8 Å². The molecule has 1 aromatic rings. The third-order valence-corrected chi connectivity index (χ3v) is 6.16. The highest BCUT2D eigenvalue weighted by Gasteiger charge is 2.10. The van der Waals surface area contributed by atoms with Gasteiger partial charge < -0.3 is 5.11 Å². The maximum absolute atomic E-state index is 11.3. The van der Waals surface area contributed by atoms with E-state index in [1.807, 2.05) is 24.3 Å². The largest absolute Gasteiger partial charge is 0.392 e. The van der Waals surface area contributed by atoms with Crippen molar-refractivity contribution in [2.45, 2.75) is 30.8 Å². The first-order valence-corrected chi connectivity index (χ1v) is 9.80. The second-order valence-corrected chi connectivity index (χ2v) is 8.78. The van der Waals surface area contributed by atoms with E-state index in [1.54, 1.807) is 18.7 Å². The van der Waals surface area contributed by atoms with Gasteiger partial charge in [-0.25, -0.2) is 8.42 Å². The van der Waals surface area contributed by atoms with Crippen molar-refractivity contribution >= 4 is 37.5 Å². The number of aliphatic hydroxyl groups is 1. The van der Waals surface area contributed by atoms with Crippen LogP contribution in [-0.4, -0.2) is 36.9 Å². The van der Waals surface area contributed by atoms with E-state index in [-0.39, 0.29) is 11.5 Å². The lowest BCUT2D eigenvalue weighted by Gasteiger charge is -2.10. The molecule has 1 N–H and O–H groups in total. The van der Waals surface area contributed by atoms with Crippen molar-refractivity contribution in [2.75, 3.05) is 17.3 Å². The molecule has 0 fully saturated rings. The molecule has 6 heteroatoms. The van der Waals surface area contributed by atoms with Crippen molar-refractivity contribution in [1.29, 1.82) is 0 Å². The molecule has 1 unspecified atom stereocenters. The summed E-state index contributed by atoms with van der Waals surface area (Å²) in [6.07, 6.45) is 0.599. The molecule has 0 saturated heterocycles. The molecule has 0 aromatic heterocycles. The normalized spacial score (nSPS) is 13.4. The quantitative estimate of drug-likeness (QED) is 0.718. The molecule has 0 radical (unpaired) electrons. The Morgan fingerprint density at radius 2 is 1.95 bits per heavy atom. The third-order valence-electron chi connectivity index (χ3n) is 2.69. The van der Waals surface area contributed by atoms with Gasteiger partial charge in [0.05, 0.1) is 11.9 Å². The molecule has 0 aliphatic heterocycles. The molecule has 108 valence electrons. The molecule has 1 aromatic carbocycles. The third kappa shape index (κ3) is 7.34. The first-order valence-electron chi connectivity index (χ1n) is 6.20. The summed E-state index contributed by atoms with van der Waals surface area (Å²) in [6, 6.07) is 7.90. The van der Waals surface area contributed by atoms with Crippen molar-refractivity contribution < 1.29 is 13.5 Å². The van der Waals surface area contributed by atoms with Crippen LogP contribution in [0.25, 0.3) is 0 Å². The molecule has 1 atom stereocenters. The lowest BCUT2D eigenvalue weighted by molar-refractivity contribution is 0.188. The van der Waals surface area contributed by atoms with E-state index in [2.05, 4.69) is 15.9 Å². The van der Waals surface area contributed by atoms with Crippen molar-refractivity contribution in [3.8, 4) is 0 Å². The zero-order valence-electron chi connectivity index (χ0n) is 10.9. The molecule has 3 nitrogen and oxygen atoms in total. The van der Waals surface area contributed by atoms with E-state index in [0.29, 0.717) is 18.6 Å². The van der Waals surface area contributed by atoms with Crippen LogP contribution in [-0.2, 0) is 9.84 Å². The van der Waals surface area contributed by atoms with E-state index >= 15 is 0 Å². The van der Waals surface area contributed by atoms with Gasteiger partial charge in [-0.1, -0.05) is 22.9 Å². The zero-order valence-corrected chi connectivity index (χ0v) is 14.1. The molecule has 0 amide bonds. The van der Waals surface area contributed by atoms with Crippen LogP contribution >= 0.6 is 27.7 Å². The molecular formula is C13H19BrO3S2. The lowest BCUT2D eigenvalue weighted by atomic mass is 10.2. The number of thioether (sulfide) groups is 1. The highest BCUT2D eigenvalue weighted by Crippen LogP contribution is 2.22. The summed E-state index contributed by atoms with van der Waals surface area (Å²) in [5.41, 5.74) is 0. The average molecular weight is 367 g/mol. The summed E-state index contributed by atoms with van der Waals surface area (Å²) in [6.45, 7) is 1.65. The second-order valence-electron chi connectivity index (χ2n) is 4.30. The molecule has 0 saturated carbocycles. The van der Waals surface area contributed by atoms with Gasteiger partial charge >= 0.3 is 0 Å². The van der Waals surface area contributed by atoms with Gasteiger partial charge in [-0.15, -0.1) is 11.8 Å². The highest BCUT2D eigenvalue weighted by atomic mass is 79.9. The van der Waals surface area contributed by atoms with Crippen molar-refractivity contribution in [1.82, 2.24) is 0 Å². The summed E-state index contributed by atoms with van der Waals surface area (Å²) in [5.74, 6) is 0.939. The summed E-state index contributed by atoms with van der Waals surface area (Å²) in [7, 11) is -2.91. The van der Waals surface area contributed by atoms with Crippen molar-refractivity contribution in [3.63, 3.8) is 0 Å². The second kappa shape index (κ2) is 8.29. The van der Waals surface area contributed by atoms with Gasteiger partial charge in [0, 0.05) is 20.9 Å². The zero-order chi connectivity index (χ0) is 14.3. The number of hydrogen-bond donors (Lipinski definition) is 1. The first-order chi connectivity index (χ1) is 8.93. The summed E-state index contributed by atoms with van der Waals surface area (Å²) < 4.78 is 23.6. The van der Waals surface area contributed by atoms with E-state index in [9.17, 15) is 13.5 Å². The number of halogens is 1. The van der Waals surface area contributed by atoms with Crippen molar-refractivity contribution in [3.05, 3.63) is 28.7 Å². The Morgan fingerprint density at radius 1 is 1.32 bits per heavy atom. The number of rotatable bonds is 8. The predicted molar refractivity (Wildman–Crippen MR) is 84.4 cm³/mol. The molecule has 1 rings (SSSR count). The Kier molecular flexibility index (Phi) is 7.42. The molecule has 19 heavy (non-hydrogen) atoms. The van der Waals surface area contributed by atoms with Gasteiger partial charge in [0.15, 0.2) is 0 Å². The van der Waals surface area contributed by atoms with Gasteiger partial charge in [-0.3, -0.25) is 0 Å². The number of benzene rings is 1. The lowest BCUT2D eigenvalue weighted by Crippen LogP contribution is -2.14. The van der Waals surface area contributed by atoms with Crippen LogP contribution in [0.5, 0.6) is 0 Å². The summed E-state index contributed by atoms with van der Waals surface area (Å²) >= 11 is 4.95. The monoisotopic (exact) mass is 366 g/mol.